The monoisotopic (exact) mass is 227 g/mol. The summed E-state index contributed by atoms with van der Waals surface area (Å²) in [7, 11) is 0. The molecule has 1 aromatic rings. The van der Waals surface area contributed by atoms with E-state index >= 15 is 0 Å². The molecule has 0 heterocycles. The summed E-state index contributed by atoms with van der Waals surface area (Å²) in [5.74, 6) is 0.836. The van der Waals surface area contributed by atoms with Crippen molar-refractivity contribution >= 4 is 11.6 Å². The maximum Gasteiger partial charge on any atom is 0.121 e. The van der Waals surface area contributed by atoms with Gasteiger partial charge < -0.3 is 10.5 Å². The third-order valence-corrected chi connectivity index (χ3v) is 2.43. The van der Waals surface area contributed by atoms with Gasteiger partial charge in [0, 0.05) is 5.02 Å². The fourth-order valence-electron chi connectivity index (χ4n) is 1.41. The van der Waals surface area contributed by atoms with E-state index in [0.29, 0.717) is 5.02 Å². The van der Waals surface area contributed by atoms with Gasteiger partial charge in [0.15, 0.2) is 0 Å². The molecule has 0 spiro atoms. The maximum absolute atomic E-state index is 5.86. The minimum atomic E-state index is 0.218. The number of hydrogen-bond donors (Lipinski definition) is 1. The van der Waals surface area contributed by atoms with Crippen LogP contribution >= 0.6 is 11.6 Å². The van der Waals surface area contributed by atoms with E-state index in [1.54, 1.807) is 0 Å². The van der Waals surface area contributed by atoms with Crippen LogP contribution in [0.4, 0.5) is 0 Å². The summed E-state index contributed by atoms with van der Waals surface area (Å²) in [6.07, 6.45) is 3.42. The molecule has 0 amide bonds. The van der Waals surface area contributed by atoms with Crippen LogP contribution in [0.5, 0.6) is 5.75 Å². The van der Waals surface area contributed by atoms with Crippen molar-refractivity contribution in [1.82, 2.24) is 0 Å². The third-order valence-electron chi connectivity index (χ3n) is 2.20. The van der Waals surface area contributed by atoms with Crippen molar-refractivity contribution in [3.63, 3.8) is 0 Å². The largest absolute Gasteiger partial charge is 0.491 e. The van der Waals surface area contributed by atoms with E-state index in [9.17, 15) is 0 Å². The molecule has 0 radical (unpaired) electrons. The fraction of sp³-hybridized carbons (Fsp3) is 0.500. The number of unbranched alkanes of at least 4 members (excludes halogenated alkanes) is 1. The molecule has 0 aliphatic heterocycles. The predicted octanol–water partition coefficient (Wildman–Crippen LogP) is 3.24. The van der Waals surface area contributed by atoms with Gasteiger partial charge in [-0.15, -0.1) is 0 Å². The lowest BCUT2D eigenvalue weighted by molar-refractivity contribution is 0.207. The molecule has 0 bridgehead atoms. The van der Waals surface area contributed by atoms with Crippen molar-refractivity contribution in [2.24, 2.45) is 5.73 Å². The SMILES string of the molecule is CC(CCCCN)Oc1cccc(Cl)c1. The molecule has 0 aliphatic carbocycles. The van der Waals surface area contributed by atoms with Gasteiger partial charge in [0.05, 0.1) is 6.10 Å². The highest BCUT2D eigenvalue weighted by molar-refractivity contribution is 6.30. The maximum atomic E-state index is 5.86. The lowest BCUT2D eigenvalue weighted by Gasteiger charge is -2.14. The van der Waals surface area contributed by atoms with Gasteiger partial charge in [0.1, 0.15) is 5.75 Å². The van der Waals surface area contributed by atoms with E-state index < -0.39 is 0 Å². The summed E-state index contributed by atoms with van der Waals surface area (Å²) in [4.78, 5) is 0. The van der Waals surface area contributed by atoms with Crippen molar-refractivity contribution in [1.29, 1.82) is 0 Å². The molecule has 0 aromatic heterocycles. The van der Waals surface area contributed by atoms with E-state index in [0.717, 1.165) is 31.6 Å². The van der Waals surface area contributed by atoms with E-state index in [1.807, 2.05) is 24.3 Å². The average molecular weight is 228 g/mol. The Morgan fingerprint density at radius 1 is 1.40 bits per heavy atom. The number of rotatable bonds is 6. The van der Waals surface area contributed by atoms with Crippen LogP contribution in [-0.4, -0.2) is 12.6 Å². The molecule has 3 heteroatoms. The summed E-state index contributed by atoms with van der Waals surface area (Å²) < 4.78 is 5.72. The van der Waals surface area contributed by atoms with Crippen molar-refractivity contribution in [2.75, 3.05) is 6.54 Å². The van der Waals surface area contributed by atoms with Gasteiger partial charge in [-0.25, -0.2) is 0 Å². The minimum Gasteiger partial charge on any atom is -0.491 e. The van der Waals surface area contributed by atoms with Crippen molar-refractivity contribution in [3.05, 3.63) is 29.3 Å². The Balaban J connectivity index is 2.34. The van der Waals surface area contributed by atoms with Gasteiger partial charge >= 0.3 is 0 Å². The molecule has 0 saturated heterocycles. The summed E-state index contributed by atoms with van der Waals surface area (Å²) in [6, 6.07) is 7.49. The van der Waals surface area contributed by atoms with Crippen molar-refractivity contribution in [2.45, 2.75) is 32.3 Å². The first kappa shape index (κ1) is 12.3. The quantitative estimate of drug-likeness (QED) is 0.758. The highest BCUT2D eigenvalue weighted by Crippen LogP contribution is 2.19. The highest BCUT2D eigenvalue weighted by Gasteiger charge is 2.03. The Hall–Kier alpha value is -0.730. The molecule has 2 N–H and O–H groups in total. The molecule has 84 valence electrons. The van der Waals surface area contributed by atoms with Crippen LogP contribution in [0.2, 0.25) is 5.02 Å². The fourth-order valence-corrected chi connectivity index (χ4v) is 1.59. The zero-order valence-electron chi connectivity index (χ0n) is 9.08. The Morgan fingerprint density at radius 2 is 2.20 bits per heavy atom. The Bertz CT molecular complexity index is 291. The molecule has 1 atom stereocenters. The molecule has 1 unspecified atom stereocenters. The molecular formula is C12H18ClNO. The number of halogens is 1. The number of hydrogen-bond acceptors (Lipinski definition) is 2. The van der Waals surface area contributed by atoms with E-state index in [4.69, 9.17) is 22.1 Å². The van der Waals surface area contributed by atoms with Crippen LogP contribution in [0.1, 0.15) is 26.2 Å². The summed E-state index contributed by atoms with van der Waals surface area (Å²) >= 11 is 5.86. The average Bonchev–Trinajstić information content (AvgIpc) is 2.18. The lowest BCUT2D eigenvalue weighted by Crippen LogP contribution is -2.12. The van der Waals surface area contributed by atoms with Gasteiger partial charge in [-0.05, 0) is 50.9 Å². The second-order valence-electron chi connectivity index (χ2n) is 3.67. The molecule has 1 rings (SSSR count). The van der Waals surface area contributed by atoms with E-state index in [1.165, 1.54) is 0 Å². The lowest BCUT2D eigenvalue weighted by atomic mass is 10.2. The van der Waals surface area contributed by atoms with Crippen LogP contribution in [0.25, 0.3) is 0 Å². The zero-order valence-corrected chi connectivity index (χ0v) is 9.83. The summed E-state index contributed by atoms with van der Waals surface area (Å²) in [5, 5.41) is 0.710. The van der Waals surface area contributed by atoms with Crippen LogP contribution < -0.4 is 10.5 Å². The Morgan fingerprint density at radius 3 is 2.87 bits per heavy atom. The van der Waals surface area contributed by atoms with Crippen LogP contribution in [-0.2, 0) is 0 Å². The molecule has 0 aliphatic rings. The van der Waals surface area contributed by atoms with Crippen molar-refractivity contribution in [3.8, 4) is 5.75 Å². The standard InChI is InChI=1S/C12H18ClNO/c1-10(5-2-3-8-14)15-12-7-4-6-11(13)9-12/h4,6-7,9-10H,2-3,5,8,14H2,1H3. The van der Waals surface area contributed by atoms with Crippen LogP contribution in [0.3, 0.4) is 0 Å². The number of benzene rings is 1. The topological polar surface area (TPSA) is 35.2 Å². The van der Waals surface area contributed by atoms with Gasteiger partial charge in [-0.3, -0.25) is 0 Å². The first-order valence-corrected chi connectivity index (χ1v) is 5.72. The molecule has 15 heavy (non-hydrogen) atoms. The molecular weight excluding hydrogens is 210 g/mol. The minimum absolute atomic E-state index is 0.218. The molecule has 2 nitrogen and oxygen atoms in total. The predicted molar refractivity (Wildman–Crippen MR) is 64.4 cm³/mol. The molecule has 0 saturated carbocycles. The van der Waals surface area contributed by atoms with Gasteiger partial charge in [0.2, 0.25) is 0 Å². The first-order valence-electron chi connectivity index (χ1n) is 5.34. The highest BCUT2D eigenvalue weighted by atomic mass is 35.5. The Labute approximate surface area is 96.4 Å². The van der Waals surface area contributed by atoms with Crippen LogP contribution in [0, 0.1) is 0 Å². The second kappa shape index (κ2) is 6.70. The summed E-state index contributed by atoms with van der Waals surface area (Å²) in [5.41, 5.74) is 5.43. The first-order chi connectivity index (χ1) is 7.22. The molecule has 0 fully saturated rings. The third kappa shape index (κ3) is 5.05. The van der Waals surface area contributed by atoms with E-state index in [2.05, 4.69) is 6.92 Å². The Kier molecular flexibility index (Phi) is 5.51. The molecule has 1 aromatic carbocycles. The van der Waals surface area contributed by atoms with Gasteiger partial charge in [-0.1, -0.05) is 17.7 Å². The van der Waals surface area contributed by atoms with Crippen molar-refractivity contribution < 1.29 is 4.74 Å². The second-order valence-corrected chi connectivity index (χ2v) is 4.11. The van der Waals surface area contributed by atoms with E-state index in [-0.39, 0.29) is 6.10 Å². The normalized spacial score (nSPS) is 12.5. The van der Waals surface area contributed by atoms with Gasteiger partial charge in [0.25, 0.3) is 0 Å². The number of ether oxygens (including phenoxy) is 1. The number of nitrogens with two attached hydrogens (primary N) is 1. The zero-order chi connectivity index (χ0) is 11.1. The van der Waals surface area contributed by atoms with Gasteiger partial charge in [-0.2, -0.15) is 0 Å². The smallest absolute Gasteiger partial charge is 0.121 e. The summed E-state index contributed by atoms with van der Waals surface area (Å²) in [6.45, 7) is 2.82. The van der Waals surface area contributed by atoms with Crippen LogP contribution in [0.15, 0.2) is 24.3 Å².